The van der Waals surface area contributed by atoms with Gasteiger partial charge in [-0.1, -0.05) is 22.0 Å². The zero-order valence-electron chi connectivity index (χ0n) is 9.26. The van der Waals surface area contributed by atoms with Crippen molar-refractivity contribution in [1.29, 1.82) is 0 Å². The van der Waals surface area contributed by atoms with Crippen molar-refractivity contribution >= 4 is 39.5 Å². The smallest absolute Gasteiger partial charge is 0.182 e. The van der Waals surface area contributed by atoms with Gasteiger partial charge in [0.05, 0.1) is 10.6 Å². The molecule has 0 saturated carbocycles. The van der Waals surface area contributed by atoms with Gasteiger partial charge in [-0.3, -0.25) is 4.57 Å². The maximum Gasteiger partial charge on any atom is 0.182 e. The SMILES string of the molecule is S=c1[nH]c(-c2cccs2)cn1-c1ccc(Br)cc1. The van der Waals surface area contributed by atoms with Gasteiger partial charge < -0.3 is 4.98 Å². The maximum atomic E-state index is 5.36. The summed E-state index contributed by atoms with van der Waals surface area (Å²) >= 11 is 10.5. The van der Waals surface area contributed by atoms with Crippen molar-refractivity contribution in [2.75, 3.05) is 0 Å². The van der Waals surface area contributed by atoms with E-state index in [2.05, 4.69) is 32.4 Å². The molecule has 2 heterocycles. The van der Waals surface area contributed by atoms with Gasteiger partial charge in [-0.15, -0.1) is 11.3 Å². The molecule has 2 nitrogen and oxygen atoms in total. The van der Waals surface area contributed by atoms with Crippen LogP contribution in [-0.4, -0.2) is 9.55 Å². The number of nitrogens with zero attached hydrogens (tertiary/aromatic N) is 1. The molecular formula is C13H9BrN2S2. The minimum Gasteiger partial charge on any atom is -0.330 e. The Morgan fingerprint density at radius 1 is 1.17 bits per heavy atom. The van der Waals surface area contributed by atoms with Crippen LogP contribution in [-0.2, 0) is 0 Å². The summed E-state index contributed by atoms with van der Waals surface area (Å²) in [5.74, 6) is 0. The van der Waals surface area contributed by atoms with E-state index in [1.807, 2.05) is 41.1 Å². The second kappa shape index (κ2) is 4.84. The fourth-order valence-corrected chi connectivity index (χ4v) is 2.97. The Kier molecular flexibility index (Phi) is 3.20. The lowest BCUT2D eigenvalue weighted by Gasteiger charge is -2.01. The number of thiophene rings is 1. The highest BCUT2D eigenvalue weighted by Crippen LogP contribution is 2.24. The third kappa shape index (κ3) is 2.21. The molecule has 0 aliphatic heterocycles. The summed E-state index contributed by atoms with van der Waals surface area (Å²) in [6, 6.07) is 12.2. The molecular weight excluding hydrogens is 328 g/mol. The van der Waals surface area contributed by atoms with Gasteiger partial charge in [0.1, 0.15) is 0 Å². The highest BCUT2D eigenvalue weighted by atomic mass is 79.9. The highest BCUT2D eigenvalue weighted by molar-refractivity contribution is 9.10. The van der Waals surface area contributed by atoms with E-state index in [0.29, 0.717) is 4.77 Å². The Balaban J connectivity index is 2.09. The van der Waals surface area contributed by atoms with Crippen molar-refractivity contribution in [3.05, 3.63) is 57.2 Å². The summed E-state index contributed by atoms with van der Waals surface area (Å²) in [5, 5.41) is 2.06. The predicted octanol–water partition coefficient (Wildman–Crippen LogP) is 5.03. The predicted molar refractivity (Wildman–Crippen MR) is 82.0 cm³/mol. The van der Waals surface area contributed by atoms with Crippen LogP contribution in [0.1, 0.15) is 0 Å². The molecule has 0 radical (unpaired) electrons. The molecule has 90 valence electrons. The zero-order valence-corrected chi connectivity index (χ0v) is 12.5. The summed E-state index contributed by atoms with van der Waals surface area (Å²) in [6.07, 6.45) is 2.04. The van der Waals surface area contributed by atoms with E-state index >= 15 is 0 Å². The maximum absolute atomic E-state index is 5.36. The topological polar surface area (TPSA) is 20.7 Å². The van der Waals surface area contributed by atoms with Gasteiger partial charge in [0.2, 0.25) is 0 Å². The van der Waals surface area contributed by atoms with Gasteiger partial charge in [0.15, 0.2) is 4.77 Å². The monoisotopic (exact) mass is 336 g/mol. The summed E-state index contributed by atoms with van der Waals surface area (Å²) in [5.41, 5.74) is 2.11. The minimum atomic E-state index is 0.709. The van der Waals surface area contributed by atoms with Crippen LogP contribution in [0.2, 0.25) is 0 Å². The van der Waals surface area contributed by atoms with Gasteiger partial charge in [-0.05, 0) is 47.9 Å². The Bertz CT molecular complexity index is 708. The molecule has 3 aromatic rings. The number of hydrogen-bond acceptors (Lipinski definition) is 2. The van der Waals surface area contributed by atoms with Crippen molar-refractivity contribution in [1.82, 2.24) is 9.55 Å². The van der Waals surface area contributed by atoms with Crippen LogP contribution in [0.15, 0.2) is 52.4 Å². The van der Waals surface area contributed by atoms with Crippen molar-refractivity contribution in [3.63, 3.8) is 0 Å². The first-order chi connectivity index (χ1) is 8.74. The number of halogens is 1. The molecule has 0 unspecified atom stereocenters. The van der Waals surface area contributed by atoms with Crippen LogP contribution in [0.4, 0.5) is 0 Å². The highest BCUT2D eigenvalue weighted by Gasteiger charge is 2.05. The number of H-pyrrole nitrogens is 1. The van der Waals surface area contributed by atoms with Crippen LogP contribution in [0.5, 0.6) is 0 Å². The van der Waals surface area contributed by atoms with Crippen molar-refractivity contribution in [3.8, 4) is 16.3 Å². The number of aromatic nitrogens is 2. The molecule has 5 heteroatoms. The second-order valence-electron chi connectivity index (χ2n) is 3.80. The van der Waals surface area contributed by atoms with Gasteiger partial charge in [-0.2, -0.15) is 0 Å². The Morgan fingerprint density at radius 2 is 1.94 bits per heavy atom. The van der Waals surface area contributed by atoms with E-state index < -0.39 is 0 Å². The van der Waals surface area contributed by atoms with Crippen LogP contribution in [0, 0.1) is 4.77 Å². The molecule has 1 N–H and O–H groups in total. The lowest BCUT2D eigenvalue weighted by molar-refractivity contribution is 1.03. The lowest BCUT2D eigenvalue weighted by atomic mass is 10.3. The van der Waals surface area contributed by atoms with Gasteiger partial charge >= 0.3 is 0 Å². The van der Waals surface area contributed by atoms with E-state index in [1.54, 1.807) is 11.3 Å². The largest absolute Gasteiger partial charge is 0.330 e. The van der Waals surface area contributed by atoms with E-state index in [9.17, 15) is 0 Å². The molecule has 0 amide bonds. The van der Waals surface area contributed by atoms with E-state index in [4.69, 9.17) is 12.2 Å². The summed E-state index contributed by atoms with van der Waals surface area (Å²) < 4.78 is 3.75. The lowest BCUT2D eigenvalue weighted by Crippen LogP contribution is -1.90. The first-order valence-corrected chi connectivity index (χ1v) is 7.43. The molecule has 18 heavy (non-hydrogen) atoms. The number of aromatic amines is 1. The molecule has 0 aliphatic rings. The Morgan fingerprint density at radius 3 is 2.61 bits per heavy atom. The quantitative estimate of drug-likeness (QED) is 0.651. The standard InChI is InChI=1S/C13H9BrN2S2/c14-9-3-5-10(6-4-9)16-8-11(15-13(16)17)12-2-1-7-18-12/h1-8H,(H,15,17). The Labute approximate surface area is 122 Å². The van der Waals surface area contributed by atoms with Crippen LogP contribution in [0.3, 0.4) is 0 Å². The third-order valence-electron chi connectivity index (χ3n) is 2.61. The van der Waals surface area contributed by atoms with Gasteiger partial charge in [0, 0.05) is 16.4 Å². The average molecular weight is 337 g/mol. The molecule has 1 aromatic carbocycles. The number of hydrogen-bond donors (Lipinski definition) is 1. The molecule has 0 saturated heterocycles. The fraction of sp³-hybridized carbons (Fsp3) is 0. The first-order valence-electron chi connectivity index (χ1n) is 5.35. The second-order valence-corrected chi connectivity index (χ2v) is 6.05. The molecule has 0 bridgehead atoms. The van der Waals surface area contributed by atoms with Gasteiger partial charge in [0.25, 0.3) is 0 Å². The number of rotatable bonds is 2. The van der Waals surface area contributed by atoms with E-state index in [1.165, 1.54) is 4.88 Å². The van der Waals surface area contributed by atoms with Crippen molar-refractivity contribution < 1.29 is 0 Å². The fourth-order valence-electron chi connectivity index (χ4n) is 1.75. The molecule has 2 aromatic heterocycles. The van der Waals surface area contributed by atoms with Gasteiger partial charge in [-0.25, -0.2) is 0 Å². The van der Waals surface area contributed by atoms with Crippen LogP contribution < -0.4 is 0 Å². The zero-order chi connectivity index (χ0) is 12.5. The van der Waals surface area contributed by atoms with E-state index in [-0.39, 0.29) is 0 Å². The van der Waals surface area contributed by atoms with Crippen LogP contribution >= 0.6 is 39.5 Å². The first kappa shape index (κ1) is 11.9. The number of imidazole rings is 1. The molecule has 0 fully saturated rings. The van der Waals surface area contributed by atoms with E-state index in [0.717, 1.165) is 15.9 Å². The number of nitrogens with one attached hydrogen (secondary N) is 1. The Hall–Kier alpha value is -1.17. The summed E-state index contributed by atoms with van der Waals surface area (Å²) in [7, 11) is 0. The minimum absolute atomic E-state index is 0.709. The molecule has 3 rings (SSSR count). The summed E-state index contributed by atoms with van der Waals surface area (Å²) in [4.78, 5) is 4.43. The molecule has 0 atom stereocenters. The van der Waals surface area contributed by atoms with Crippen molar-refractivity contribution in [2.45, 2.75) is 0 Å². The van der Waals surface area contributed by atoms with Crippen LogP contribution in [0.25, 0.3) is 16.3 Å². The number of benzene rings is 1. The third-order valence-corrected chi connectivity index (χ3v) is 4.34. The summed E-state index contributed by atoms with van der Waals surface area (Å²) in [6.45, 7) is 0. The average Bonchev–Trinajstić information content (AvgIpc) is 2.99. The normalized spacial score (nSPS) is 10.7. The molecule has 0 spiro atoms. The molecule has 0 aliphatic carbocycles. The van der Waals surface area contributed by atoms with Crippen molar-refractivity contribution in [2.24, 2.45) is 0 Å².